The molecule has 0 atom stereocenters. The molecule has 0 saturated carbocycles. The molecule has 1 fully saturated rings. The summed E-state index contributed by atoms with van der Waals surface area (Å²) < 4.78 is 8.06. The average molecular weight is 486 g/mol. The van der Waals surface area contributed by atoms with Gasteiger partial charge in [-0.1, -0.05) is 60.4 Å². The van der Waals surface area contributed by atoms with Gasteiger partial charge in [0.25, 0.3) is 11.5 Å². The Bertz CT molecular complexity index is 1520. The van der Waals surface area contributed by atoms with Crippen molar-refractivity contribution in [2.75, 3.05) is 0 Å². The molecule has 8 heteroatoms. The lowest BCUT2D eigenvalue weighted by Gasteiger charge is -2.15. The zero-order valence-corrected chi connectivity index (χ0v) is 19.8. The van der Waals surface area contributed by atoms with Crippen molar-refractivity contribution in [3.63, 3.8) is 0 Å². The molecular formula is C26H19N3O3S2. The number of hydrogen-bond donors (Lipinski definition) is 1. The van der Waals surface area contributed by atoms with E-state index >= 15 is 0 Å². The third-order valence-electron chi connectivity index (χ3n) is 5.29. The van der Waals surface area contributed by atoms with Crippen LogP contribution in [0.4, 0.5) is 0 Å². The van der Waals surface area contributed by atoms with Gasteiger partial charge in [0.2, 0.25) is 0 Å². The average Bonchev–Trinajstić information content (AvgIpc) is 3.15. The van der Waals surface area contributed by atoms with Crippen LogP contribution in [-0.4, -0.2) is 19.8 Å². The van der Waals surface area contributed by atoms with E-state index in [1.165, 1.54) is 11.8 Å². The van der Waals surface area contributed by atoms with Crippen molar-refractivity contribution >= 4 is 51.2 Å². The number of nitrogens with zero attached hydrogens (tertiary/aromatic N) is 2. The summed E-state index contributed by atoms with van der Waals surface area (Å²) >= 11 is 6.27. The molecule has 4 aromatic rings. The van der Waals surface area contributed by atoms with Crippen molar-refractivity contribution in [2.45, 2.75) is 13.5 Å². The highest BCUT2D eigenvalue weighted by Gasteiger charge is 2.21. The maximum Gasteiger partial charge on any atom is 0.266 e. The van der Waals surface area contributed by atoms with E-state index < -0.39 is 0 Å². The predicted octanol–water partition coefficient (Wildman–Crippen LogP) is 4.76. The van der Waals surface area contributed by atoms with E-state index in [4.69, 9.17) is 21.9 Å². The molecule has 0 aliphatic carbocycles. The normalized spacial score (nSPS) is 14.6. The third-order valence-corrected chi connectivity index (χ3v) is 6.46. The van der Waals surface area contributed by atoms with Gasteiger partial charge in [-0.2, -0.15) is 0 Å². The van der Waals surface area contributed by atoms with Crippen molar-refractivity contribution in [1.29, 1.82) is 0 Å². The monoisotopic (exact) mass is 485 g/mol. The summed E-state index contributed by atoms with van der Waals surface area (Å²) in [6, 6.07) is 22.4. The van der Waals surface area contributed by atoms with Crippen LogP contribution in [0.1, 0.15) is 17.0 Å². The molecule has 1 aromatic heterocycles. The first-order chi connectivity index (χ1) is 16.5. The fourth-order valence-corrected chi connectivity index (χ4v) is 4.73. The number of nitrogens with one attached hydrogen (secondary N) is 1. The fraction of sp³-hybridized carbons (Fsp3) is 0.0769. The number of thioether (sulfide) groups is 1. The Morgan fingerprint density at radius 3 is 2.59 bits per heavy atom. The number of thiocarbonyl (C=S) groups is 1. The van der Waals surface area contributed by atoms with E-state index in [9.17, 15) is 9.59 Å². The molecule has 5 rings (SSSR count). The predicted molar refractivity (Wildman–Crippen MR) is 139 cm³/mol. The van der Waals surface area contributed by atoms with Gasteiger partial charge in [0.15, 0.2) is 5.82 Å². The molecular weight excluding hydrogens is 466 g/mol. The Morgan fingerprint density at radius 1 is 1.06 bits per heavy atom. The molecule has 168 valence electrons. The van der Waals surface area contributed by atoms with E-state index in [0.717, 1.165) is 16.8 Å². The maximum absolute atomic E-state index is 13.3. The van der Waals surface area contributed by atoms with Crippen LogP contribution in [0.3, 0.4) is 0 Å². The van der Waals surface area contributed by atoms with Gasteiger partial charge >= 0.3 is 0 Å². The molecule has 0 bridgehead atoms. The lowest BCUT2D eigenvalue weighted by molar-refractivity contribution is -0.115. The molecule has 1 amide bonds. The first-order valence-corrected chi connectivity index (χ1v) is 11.8. The summed E-state index contributed by atoms with van der Waals surface area (Å²) in [7, 11) is 0. The zero-order chi connectivity index (χ0) is 23.7. The van der Waals surface area contributed by atoms with Crippen molar-refractivity contribution in [1.82, 2.24) is 14.9 Å². The summed E-state index contributed by atoms with van der Waals surface area (Å²) in [6.07, 6.45) is 1.78. The van der Waals surface area contributed by atoms with Crippen LogP contribution in [0.15, 0.2) is 82.5 Å². The van der Waals surface area contributed by atoms with E-state index in [0.29, 0.717) is 31.7 Å². The van der Waals surface area contributed by atoms with Crippen molar-refractivity contribution < 1.29 is 9.53 Å². The highest BCUT2D eigenvalue weighted by Crippen LogP contribution is 2.26. The van der Waals surface area contributed by atoms with Gasteiger partial charge in [-0.15, -0.1) is 0 Å². The lowest BCUT2D eigenvalue weighted by atomic mass is 10.2. The number of carbonyl (C=O) groups excluding carboxylic acids is 1. The fourth-order valence-electron chi connectivity index (χ4n) is 3.69. The minimum Gasteiger partial charge on any atom is -0.486 e. The van der Waals surface area contributed by atoms with Crippen molar-refractivity contribution in [3.8, 4) is 11.4 Å². The summed E-state index contributed by atoms with van der Waals surface area (Å²) in [5.74, 6) is 0.944. The number of amides is 1. The van der Waals surface area contributed by atoms with Crippen LogP contribution in [0.5, 0.6) is 5.75 Å². The molecule has 34 heavy (non-hydrogen) atoms. The van der Waals surface area contributed by atoms with Crippen LogP contribution in [0, 0.1) is 6.92 Å². The van der Waals surface area contributed by atoms with Crippen molar-refractivity contribution in [2.24, 2.45) is 0 Å². The number of rotatable bonds is 5. The summed E-state index contributed by atoms with van der Waals surface area (Å²) in [4.78, 5) is 30.5. The topological polar surface area (TPSA) is 73.2 Å². The number of aryl methyl sites for hydroxylation is 1. The summed E-state index contributed by atoms with van der Waals surface area (Å²) in [5, 5.41) is 3.16. The Balaban J connectivity index is 1.44. The number of aromatic nitrogens is 2. The van der Waals surface area contributed by atoms with Gasteiger partial charge in [-0.25, -0.2) is 4.98 Å². The van der Waals surface area contributed by atoms with Gasteiger partial charge in [0, 0.05) is 0 Å². The molecule has 1 N–H and O–H groups in total. The Hall–Kier alpha value is -3.75. The second kappa shape index (κ2) is 9.24. The summed E-state index contributed by atoms with van der Waals surface area (Å²) in [5.41, 5.74) is 3.14. The molecule has 0 spiro atoms. The molecule has 1 aliphatic rings. The zero-order valence-electron chi connectivity index (χ0n) is 18.1. The smallest absolute Gasteiger partial charge is 0.266 e. The number of benzene rings is 3. The Labute approximate surface area is 205 Å². The van der Waals surface area contributed by atoms with E-state index in [2.05, 4.69) is 5.32 Å². The molecule has 0 radical (unpaired) electrons. The molecule has 3 aromatic carbocycles. The largest absolute Gasteiger partial charge is 0.486 e. The SMILES string of the molecule is Cc1cccc(-n2c(COc3ccc(C=C4SC(=S)NC4=O)cc3)nc3ccccc3c2=O)c1. The quantitative estimate of drug-likeness (QED) is 0.325. The van der Waals surface area contributed by atoms with E-state index in [1.807, 2.05) is 73.7 Å². The number of carbonyl (C=O) groups is 1. The third kappa shape index (κ3) is 4.50. The van der Waals surface area contributed by atoms with E-state index in [1.54, 1.807) is 16.7 Å². The standard InChI is InChI=1S/C26H19N3O3S2/c1-16-5-4-6-18(13-16)29-23(27-21-8-3-2-7-20(21)25(29)31)15-32-19-11-9-17(10-12-19)14-22-24(30)28-26(33)34-22/h2-14H,15H2,1H3,(H,28,30,33). The Kier molecular flexibility index (Phi) is 6.00. The molecule has 1 aliphatic heterocycles. The molecule has 1 saturated heterocycles. The first kappa shape index (κ1) is 22.1. The highest BCUT2D eigenvalue weighted by molar-refractivity contribution is 8.26. The van der Waals surface area contributed by atoms with Gasteiger partial charge in [0.1, 0.15) is 16.7 Å². The van der Waals surface area contributed by atoms with Crippen LogP contribution < -0.4 is 15.6 Å². The number of fused-ring (bicyclic) bond motifs is 1. The van der Waals surface area contributed by atoms with Crippen molar-refractivity contribution in [3.05, 3.63) is 105 Å². The van der Waals surface area contributed by atoms with Gasteiger partial charge in [0.05, 0.1) is 21.5 Å². The minimum absolute atomic E-state index is 0.112. The minimum atomic E-state index is -0.188. The maximum atomic E-state index is 13.3. The number of ether oxygens (including phenoxy) is 1. The summed E-state index contributed by atoms with van der Waals surface area (Å²) in [6.45, 7) is 2.10. The highest BCUT2D eigenvalue weighted by atomic mass is 32.2. The van der Waals surface area contributed by atoms with Gasteiger partial charge < -0.3 is 10.1 Å². The molecule has 2 heterocycles. The van der Waals surface area contributed by atoms with Crippen LogP contribution in [-0.2, 0) is 11.4 Å². The molecule has 6 nitrogen and oxygen atoms in total. The lowest BCUT2D eigenvalue weighted by Crippen LogP contribution is -2.25. The van der Waals surface area contributed by atoms with Crippen LogP contribution in [0.25, 0.3) is 22.7 Å². The second-order valence-electron chi connectivity index (χ2n) is 7.73. The molecule has 0 unspecified atom stereocenters. The van der Waals surface area contributed by atoms with Crippen LogP contribution >= 0.6 is 24.0 Å². The first-order valence-electron chi connectivity index (χ1n) is 10.5. The Morgan fingerprint density at radius 2 is 1.85 bits per heavy atom. The number of hydrogen-bond acceptors (Lipinski definition) is 6. The van der Waals surface area contributed by atoms with Gasteiger partial charge in [-0.3, -0.25) is 14.2 Å². The van der Waals surface area contributed by atoms with Gasteiger partial charge in [-0.05, 0) is 60.5 Å². The second-order valence-corrected chi connectivity index (χ2v) is 9.45. The van der Waals surface area contributed by atoms with E-state index in [-0.39, 0.29) is 18.1 Å². The van der Waals surface area contributed by atoms with Crippen LogP contribution in [0.2, 0.25) is 0 Å². The number of para-hydroxylation sites is 1.